The van der Waals surface area contributed by atoms with Crippen molar-refractivity contribution in [1.29, 1.82) is 0 Å². The van der Waals surface area contributed by atoms with E-state index in [1.54, 1.807) is 19.1 Å². The number of hydrogen-bond acceptors (Lipinski definition) is 3. The second-order valence-electron chi connectivity index (χ2n) is 4.85. The Hall–Kier alpha value is -1.34. The van der Waals surface area contributed by atoms with Crippen LogP contribution in [-0.4, -0.2) is 16.4 Å². The van der Waals surface area contributed by atoms with Gasteiger partial charge in [0, 0.05) is 11.4 Å². The van der Waals surface area contributed by atoms with E-state index < -0.39 is 0 Å². The minimum atomic E-state index is -0.331. The van der Waals surface area contributed by atoms with E-state index in [2.05, 4.69) is 15.6 Å². The third-order valence-corrected chi connectivity index (χ3v) is 3.54. The van der Waals surface area contributed by atoms with Gasteiger partial charge in [0.2, 0.25) is 11.5 Å². The Morgan fingerprint density at radius 2 is 2.00 bits per heavy atom. The van der Waals surface area contributed by atoms with Crippen molar-refractivity contribution in [2.24, 2.45) is 5.10 Å². The molecule has 1 amide bonds. The molecule has 0 saturated carbocycles. The Labute approximate surface area is 153 Å². The van der Waals surface area contributed by atoms with Crippen LogP contribution < -0.4 is 45.6 Å². The molecule has 0 saturated heterocycles. The van der Waals surface area contributed by atoms with E-state index >= 15 is 0 Å². The van der Waals surface area contributed by atoms with Gasteiger partial charge in [-0.3, -0.25) is 9.59 Å². The van der Waals surface area contributed by atoms with Crippen molar-refractivity contribution >= 4 is 23.3 Å². The van der Waals surface area contributed by atoms with Gasteiger partial charge in [0.05, 0.1) is 5.92 Å². The van der Waals surface area contributed by atoms with E-state index in [0.717, 1.165) is 5.56 Å². The summed E-state index contributed by atoms with van der Waals surface area (Å²) in [7, 11) is 0. The number of aromatic nitrogens is 2. The first-order valence-corrected chi connectivity index (χ1v) is 6.78. The summed E-state index contributed by atoms with van der Waals surface area (Å²) in [5.74, 6) is -0.118. The maximum Gasteiger partial charge on any atom is 1.00 e. The molecule has 0 fully saturated rings. The van der Waals surface area contributed by atoms with E-state index in [4.69, 9.17) is 11.6 Å². The van der Waals surface area contributed by atoms with E-state index in [0.29, 0.717) is 16.6 Å². The summed E-state index contributed by atoms with van der Waals surface area (Å²) >= 11 is 5.88. The standard InChI is InChI=1S/C14H13ClN4O2.Na/c1-8-6-13(21)19(18-8)14-11(7-12(20)16-17-14)9-2-4-10(15)5-3-9;/h2-6,11H,7H2,1H3,(H2,16,18,20,21);/q;+1/p-1. The molecule has 0 bridgehead atoms. The molecule has 1 aromatic heterocycles. The second-order valence-corrected chi connectivity index (χ2v) is 5.29. The first-order chi connectivity index (χ1) is 10.0. The Kier molecular flexibility index (Phi) is 5.28. The number of carbonyl (C=O) groups excluding carboxylic acids is 1. The Morgan fingerprint density at radius 1 is 1.32 bits per heavy atom. The van der Waals surface area contributed by atoms with Crippen LogP contribution in [0.15, 0.2) is 40.2 Å². The predicted molar refractivity (Wildman–Crippen MR) is 78.5 cm³/mol. The molecule has 22 heavy (non-hydrogen) atoms. The fourth-order valence-corrected chi connectivity index (χ4v) is 2.44. The molecule has 1 aliphatic heterocycles. The topological polar surface area (TPSA) is 77.6 Å². The van der Waals surface area contributed by atoms with Crippen molar-refractivity contribution in [3.8, 4) is 0 Å². The van der Waals surface area contributed by atoms with Crippen molar-refractivity contribution in [3.05, 3.63) is 57.0 Å². The van der Waals surface area contributed by atoms with Crippen LogP contribution in [0.25, 0.3) is 0 Å². The molecule has 3 rings (SSSR count). The molecule has 6 nitrogen and oxygen atoms in total. The molecule has 1 atom stereocenters. The summed E-state index contributed by atoms with van der Waals surface area (Å²) in [5.41, 5.74) is 3.61. The van der Waals surface area contributed by atoms with Crippen molar-refractivity contribution in [3.63, 3.8) is 0 Å². The van der Waals surface area contributed by atoms with Crippen LogP contribution in [-0.2, 0) is 4.79 Å². The average molecular weight is 327 g/mol. The van der Waals surface area contributed by atoms with Crippen LogP contribution in [0, 0.1) is 6.92 Å². The van der Waals surface area contributed by atoms with Gasteiger partial charge in [-0.25, -0.2) is 5.43 Å². The number of hydrazone groups is 1. The number of halogens is 1. The molecule has 1 N–H and O–H groups in total. The number of rotatable bonds is 1. The van der Waals surface area contributed by atoms with Crippen LogP contribution in [0.3, 0.4) is 0 Å². The smallest absolute Gasteiger partial charge is 0.590 e. The van der Waals surface area contributed by atoms with Gasteiger partial charge in [-0.2, -0.15) is 5.10 Å². The van der Waals surface area contributed by atoms with Crippen LogP contribution in [0.2, 0.25) is 5.02 Å². The van der Waals surface area contributed by atoms with E-state index in [1.807, 2.05) is 12.1 Å². The molecular weight excluding hydrogens is 315 g/mol. The van der Waals surface area contributed by atoms with Crippen molar-refractivity contribution in [2.45, 2.75) is 19.3 Å². The molecule has 1 aromatic carbocycles. The van der Waals surface area contributed by atoms with Gasteiger partial charge in [0.25, 0.3) is 0 Å². The van der Waals surface area contributed by atoms with Gasteiger partial charge in [-0.05, 0) is 23.8 Å². The minimum absolute atomic E-state index is 0. The number of hydrogen-bond donors (Lipinski definition) is 1. The van der Waals surface area contributed by atoms with E-state index in [-0.39, 0.29) is 53.4 Å². The Bertz CT molecular complexity index is 779. The molecular formula is C14H12ClN4NaO2. The van der Waals surface area contributed by atoms with Gasteiger partial charge in [0.15, 0.2) is 0 Å². The molecule has 2 aromatic rings. The minimum Gasteiger partial charge on any atom is -0.590 e. The zero-order chi connectivity index (χ0) is 15.0. The van der Waals surface area contributed by atoms with Crippen LogP contribution in [0.1, 0.15) is 23.6 Å². The molecule has 0 aliphatic carbocycles. The Balaban J connectivity index is 0.00000176. The normalized spacial score (nSPS) is 17.5. The van der Waals surface area contributed by atoms with E-state index in [9.17, 15) is 9.59 Å². The molecule has 1 aliphatic rings. The average Bonchev–Trinajstić information content (AvgIpc) is 2.78. The van der Waals surface area contributed by atoms with Gasteiger partial charge in [-0.1, -0.05) is 30.7 Å². The van der Waals surface area contributed by atoms with Crippen molar-refractivity contribution in [2.75, 3.05) is 0 Å². The zero-order valence-corrected chi connectivity index (χ0v) is 15.0. The number of amides is 1. The van der Waals surface area contributed by atoms with Crippen molar-refractivity contribution in [1.82, 2.24) is 15.2 Å². The van der Waals surface area contributed by atoms with Crippen LogP contribution in [0.5, 0.6) is 0 Å². The third kappa shape index (κ3) is 3.35. The van der Waals surface area contributed by atoms with Gasteiger partial charge < -0.3 is 9.78 Å². The maximum absolute atomic E-state index is 11.9. The number of carbonyl (C=O) groups is 1. The second kappa shape index (κ2) is 6.83. The third-order valence-electron chi connectivity index (χ3n) is 3.28. The largest absolute Gasteiger partial charge is 1.00 e. The molecule has 8 heteroatoms. The summed E-state index contributed by atoms with van der Waals surface area (Å²) in [6, 6.07) is 8.56. The maximum atomic E-state index is 11.9. The summed E-state index contributed by atoms with van der Waals surface area (Å²) in [6.07, 6.45) is 0.207. The fourth-order valence-electron chi connectivity index (χ4n) is 2.32. The predicted octanol–water partition coefficient (Wildman–Crippen LogP) is -1.76. The first kappa shape index (κ1) is 17.0. The fraction of sp³-hybridized carbons (Fsp3) is 0.214. The molecule has 0 spiro atoms. The number of benzene rings is 1. The van der Waals surface area contributed by atoms with Gasteiger partial charge in [0.1, 0.15) is 5.84 Å². The first-order valence-electron chi connectivity index (χ1n) is 6.40. The number of nitrogens with one attached hydrogen (secondary N) is 1. The summed E-state index contributed by atoms with van der Waals surface area (Å²) in [6.45, 7) is 1.73. The Morgan fingerprint density at radius 3 is 2.59 bits per heavy atom. The van der Waals surface area contributed by atoms with Crippen LogP contribution in [0.4, 0.5) is 0 Å². The quantitative estimate of drug-likeness (QED) is 0.631. The molecule has 108 valence electrons. The van der Waals surface area contributed by atoms with Gasteiger partial charge in [-0.15, -0.1) is 5.69 Å². The monoisotopic (exact) mass is 326 g/mol. The summed E-state index contributed by atoms with van der Waals surface area (Å²) in [5, 5.41) is 8.78. The number of nitrogens with zero attached hydrogens (tertiary/aromatic N) is 3. The number of aryl methyl sites for hydroxylation is 1. The molecule has 0 radical (unpaired) electrons. The summed E-state index contributed by atoms with van der Waals surface area (Å²) < 4.78 is 1.23. The van der Waals surface area contributed by atoms with Crippen LogP contribution >= 0.6 is 11.6 Å². The molecule has 2 heterocycles. The van der Waals surface area contributed by atoms with E-state index in [1.165, 1.54) is 10.7 Å². The summed E-state index contributed by atoms with van der Waals surface area (Å²) in [4.78, 5) is 23.6. The van der Waals surface area contributed by atoms with Gasteiger partial charge >= 0.3 is 29.6 Å². The SMILES string of the molecule is Cc1cc(=O)n(C2=NNC(=O)CC2c2ccc(Cl)cc2)[n-]1.[Na+]. The van der Waals surface area contributed by atoms with Crippen molar-refractivity contribution < 1.29 is 34.4 Å². The zero-order valence-electron chi connectivity index (χ0n) is 12.2. The molecule has 1 unspecified atom stereocenters.